The number of nitrogens with zero attached hydrogens (tertiary/aromatic N) is 2. The Kier molecular flexibility index (Phi) is 9.65. The quantitative estimate of drug-likeness (QED) is 0.380. The summed E-state index contributed by atoms with van der Waals surface area (Å²) in [6.45, 7) is 5.12. The second-order valence-electron chi connectivity index (χ2n) is 9.78. The highest BCUT2D eigenvalue weighted by atomic mass is 16.5. The number of methoxy groups -OCH3 is 4. The minimum atomic E-state index is -0.0819. The normalized spacial score (nSPS) is 14.1. The summed E-state index contributed by atoms with van der Waals surface area (Å²) in [5, 5.41) is 3.09. The third-order valence-electron chi connectivity index (χ3n) is 7.31. The zero-order chi connectivity index (χ0) is 27.8. The number of carbonyl (C=O) groups excluding carboxylic acids is 1. The summed E-state index contributed by atoms with van der Waals surface area (Å²) < 4.78 is 21.8. The molecule has 3 aromatic rings. The summed E-state index contributed by atoms with van der Waals surface area (Å²) in [6, 6.07) is 15.6. The van der Waals surface area contributed by atoms with Crippen molar-refractivity contribution in [1.82, 2.24) is 15.2 Å². The molecule has 0 bridgehead atoms. The first-order chi connectivity index (χ1) is 19.0. The number of nitrogens with one attached hydrogen (secondary N) is 1. The van der Waals surface area contributed by atoms with E-state index in [1.165, 1.54) is 0 Å². The highest BCUT2D eigenvalue weighted by Gasteiger charge is 2.26. The van der Waals surface area contributed by atoms with E-state index in [1.807, 2.05) is 49.4 Å². The number of aryl methyl sites for hydroxylation is 1. The van der Waals surface area contributed by atoms with Crippen LogP contribution in [-0.4, -0.2) is 63.9 Å². The van der Waals surface area contributed by atoms with E-state index in [-0.39, 0.29) is 11.8 Å². The van der Waals surface area contributed by atoms with Crippen molar-refractivity contribution in [3.05, 3.63) is 76.6 Å². The van der Waals surface area contributed by atoms with Crippen molar-refractivity contribution < 1.29 is 23.7 Å². The molecule has 4 rings (SSSR count). The average Bonchev–Trinajstić information content (AvgIpc) is 2.97. The summed E-state index contributed by atoms with van der Waals surface area (Å²) >= 11 is 0. The average molecular weight is 534 g/mol. The summed E-state index contributed by atoms with van der Waals surface area (Å²) in [6.07, 6.45) is 2.57. The van der Waals surface area contributed by atoms with Crippen molar-refractivity contribution in [2.45, 2.75) is 38.6 Å². The van der Waals surface area contributed by atoms with Gasteiger partial charge in [0.15, 0.2) is 23.0 Å². The zero-order valence-corrected chi connectivity index (χ0v) is 23.6. The molecule has 1 fully saturated rings. The van der Waals surface area contributed by atoms with Crippen LogP contribution in [0.5, 0.6) is 23.0 Å². The molecule has 1 N–H and O–H groups in total. The minimum absolute atomic E-state index is 0.0819. The fourth-order valence-electron chi connectivity index (χ4n) is 5.22. The number of hydrogen-bond acceptors (Lipinski definition) is 7. The molecule has 1 aliphatic rings. The first-order valence-corrected chi connectivity index (χ1v) is 13.4. The number of amides is 1. The second kappa shape index (κ2) is 13.3. The molecular formula is C31H39N3O5. The number of ether oxygens (including phenoxy) is 4. The van der Waals surface area contributed by atoms with E-state index in [9.17, 15) is 4.79 Å². The highest BCUT2D eigenvalue weighted by molar-refractivity contribution is 5.95. The summed E-state index contributed by atoms with van der Waals surface area (Å²) in [5.74, 6) is 3.06. The van der Waals surface area contributed by atoms with Crippen molar-refractivity contribution in [3.8, 4) is 23.0 Å². The molecule has 0 atom stereocenters. The first kappa shape index (κ1) is 28.2. The van der Waals surface area contributed by atoms with Crippen LogP contribution in [0.4, 0.5) is 0 Å². The standard InChI is InChI=1S/C31H39N3O5/c1-21-9-11-25(31(35)32-16-13-22-10-12-26(36-2)28(19-22)38-4)29(33-21)23-14-17-34(18-15-23)20-24-7-6-8-27(37-3)30(24)39-5/h6-12,19,23H,13-18,20H2,1-5H3,(H,32,35). The maximum Gasteiger partial charge on any atom is 0.253 e. The van der Waals surface area contributed by atoms with Gasteiger partial charge in [-0.15, -0.1) is 0 Å². The van der Waals surface area contributed by atoms with Gasteiger partial charge in [-0.1, -0.05) is 18.2 Å². The number of para-hydroxylation sites is 1. The zero-order valence-electron chi connectivity index (χ0n) is 23.6. The van der Waals surface area contributed by atoms with Crippen LogP contribution in [0.1, 0.15) is 51.6 Å². The van der Waals surface area contributed by atoms with Gasteiger partial charge in [-0.2, -0.15) is 0 Å². The van der Waals surface area contributed by atoms with Crippen molar-refractivity contribution in [2.24, 2.45) is 0 Å². The van der Waals surface area contributed by atoms with Gasteiger partial charge in [-0.3, -0.25) is 14.7 Å². The van der Waals surface area contributed by atoms with E-state index < -0.39 is 0 Å². The van der Waals surface area contributed by atoms with Gasteiger partial charge in [0.25, 0.3) is 5.91 Å². The van der Waals surface area contributed by atoms with Gasteiger partial charge in [-0.05, 0) is 75.2 Å². The van der Waals surface area contributed by atoms with E-state index in [4.69, 9.17) is 23.9 Å². The number of carbonyl (C=O) groups is 1. The molecule has 2 aromatic carbocycles. The fourth-order valence-corrected chi connectivity index (χ4v) is 5.22. The van der Waals surface area contributed by atoms with Gasteiger partial charge >= 0.3 is 0 Å². The molecule has 39 heavy (non-hydrogen) atoms. The van der Waals surface area contributed by atoms with Crippen molar-refractivity contribution in [1.29, 1.82) is 0 Å². The van der Waals surface area contributed by atoms with Crippen molar-refractivity contribution in [3.63, 3.8) is 0 Å². The monoisotopic (exact) mass is 533 g/mol. The molecule has 0 saturated carbocycles. The van der Waals surface area contributed by atoms with Gasteiger partial charge in [0.1, 0.15) is 0 Å². The van der Waals surface area contributed by atoms with Gasteiger partial charge in [-0.25, -0.2) is 0 Å². The molecular weight excluding hydrogens is 494 g/mol. The summed E-state index contributed by atoms with van der Waals surface area (Å²) in [7, 11) is 6.57. The molecule has 0 spiro atoms. The van der Waals surface area contributed by atoms with Crippen molar-refractivity contribution >= 4 is 5.91 Å². The Balaban J connectivity index is 1.38. The lowest BCUT2D eigenvalue weighted by Crippen LogP contribution is -2.34. The molecule has 1 amide bonds. The summed E-state index contributed by atoms with van der Waals surface area (Å²) in [4.78, 5) is 20.5. The lowest BCUT2D eigenvalue weighted by molar-refractivity contribution is 0.0951. The molecule has 8 heteroatoms. The fraction of sp³-hybridized carbons (Fsp3) is 0.419. The van der Waals surface area contributed by atoms with Crippen LogP contribution < -0.4 is 24.3 Å². The lowest BCUT2D eigenvalue weighted by atomic mass is 9.89. The van der Waals surface area contributed by atoms with E-state index in [0.29, 0.717) is 30.0 Å². The largest absolute Gasteiger partial charge is 0.493 e. The molecule has 2 heterocycles. The molecule has 8 nitrogen and oxygen atoms in total. The molecule has 1 aromatic heterocycles. The van der Waals surface area contributed by atoms with Crippen LogP contribution in [0, 0.1) is 6.92 Å². The Hall–Kier alpha value is -3.78. The molecule has 1 aliphatic heterocycles. The maximum atomic E-state index is 13.2. The Morgan fingerprint density at radius 3 is 2.36 bits per heavy atom. The van der Waals surface area contributed by atoms with Gasteiger partial charge in [0, 0.05) is 30.3 Å². The number of benzene rings is 2. The van der Waals surface area contributed by atoms with Crippen molar-refractivity contribution in [2.75, 3.05) is 48.1 Å². The SMILES string of the molecule is COc1ccc(CCNC(=O)c2ccc(C)nc2C2CCN(Cc3cccc(OC)c3OC)CC2)cc1OC. The number of likely N-dealkylation sites (tertiary alicyclic amines) is 1. The van der Waals surface area contributed by atoms with E-state index in [1.54, 1.807) is 28.4 Å². The van der Waals surface area contributed by atoms with Gasteiger partial charge < -0.3 is 24.3 Å². The smallest absolute Gasteiger partial charge is 0.253 e. The Morgan fingerprint density at radius 1 is 0.923 bits per heavy atom. The Labute approximate surface area is 231 Å². The Bertz CT molecular complexity index is 1270. The van der Waals surface area contributed by atoms with E-state index in [2.05, 4.69) is 16.3 Å². The van der Waals surface area contributed by atoms with Crippen LogP contribution in [0.3, 0.4) is 0 Å². The third-order valence-corrected chi connectivity index (χ3v) is 7.31. The van der Waals surface area contributed by atoms with Gasteiger partial charge in [0.05, 0.1) is 39.7 Å². The third kappa shape index (κ3) is 6.81. The highest BCUT2D eigenvalue weighted by Crippen LogP contribution is 2.34. The number of pyridine rings is 1. The van der Waals surface area contributed by atoms with Crippen LogP contribution in [0.25, 0.3) is 0 Å². The van der Waals surface area contributed by atoms with Gasteiger partial charge in [0.2, 0.25) is 0 Å². The number of rotatable bonds is 11. The lowest BCUT2D eigenvalue weighted by Gasteiger charge is -2.32. The Morgan fingerprint density at radius 2 is 1.67 bits per heavy atom. The second-order valence-corrected chi connectivity index (χ2v) is 9.78. The predicted molar refractivity (Wildman–Crippen MR) is 151 cm³/mol. The molecule has 0 aliphatic carbocycles. The predicted octanol–water partition coefficient (Wildman–Crippen LogP) is 4.78. The topological polar surface area (TPSA) is 82.2 Å². The van der Waals surface area contributed by atoms with Crippen LogP contribution >= 0.6 is 0 Å². The number of hydrogen-bond donors (Lipinski definition) is 1. The molecule has 0 unspecified atom stereocenters. The minimum Gasteiger partial charge on any atom is -0.493 e. The van der Waals surface area contributed by atoms with Crippen LogP contribution in [0.15, 0.2) is 48.5 Å². The first-order valence-electron chi connectivity index (χ1n) is 13.4. The van der Waals surface area contributed by atoms with E-state index >= 15 is 0 Å². The number of piperidine rings is 1. The summed E-state index contributed by atoms with van der Waals surface area (Å²) in [5.41, 5.74) is 4.67. The van der Waals surface area contributed by atoms with E-state index in [0.717, 1.165) is 66.5 Å². The van der Waals surface area contributed by atoms with Crippen LogP contribution in [0.2, 0.25) is 0 Å². The molecule has 0 radical (unpaired) electrons. The maximum absolute atomic E-state index is 13.2. The molecule has 1 saturated heterocycles. The molecule has 208 valence electrons. The van der Waals surface area contributed by atoms with Crippen LogP contribution in [-0.2, 0) is 13.0 Å². The number of aromatic nitrogens is 1.